The fourth-order valence-electron chi connectivity index (χ4n) is 3.35. The third kappa shape index (κ3) is 5.85. The Morgan fingerprint density at radius 3 is 2.64 bits per heavy atom. The maximum absolute atomic E-state index is 13.2. The van der Waals surface area contributed by atoms with Gasteiger partial charge in [-0.25, -0.2) is 13.4 Å². The summed E-state index contributed by atoms with van der Waals surface area (Å²) in [4.78, 5) is 23.9. The number of fused-ring (bicyclic) bond motifs is 1. The van der Waals surface area contributed by atoms with Crippen LogP contribution in [0.3, 0.4) is 0 Å². The van der Waals surface area contributed by atoms with Crippen LogP contribution in [0.2, 0.25) is 0 Å². The van der Waals surface area contributed by atoms with Crippen LogP contribution in [-0.4, -0.2) is 30.0 Å². The number of nitrogens with zero attached hydrogens (tertiary/aromatic N) is 3. The van der Waals surface area contributed by atoms with Crippen LogP contribution >= 0.6 is 27.3 Å². The Kier molecular flexibility index (Phi) is 7.21. The molecule has 9 heteroatoms. The minimum atomic E-state index is -3.45. The molecule has 0 bridgehead atoms. The van der Waals surface area contributed by atoms with E-state index in [1.807, 2.05) is 37.3 Å². The number of benzene rings is 2. The van der Waals surface area contributed by atoms with Crippen molar-refractivity contribution in [1.82, 2.24) is 9.97 Å². The van der Waals surface area contributed by atoms with Crippen molar-refractivity contribution in [3.05, 3.63) is 82.6 Å². The summed E-state index contributed by atoms with van der Waals surface area (Å²) >= 11 is 4.90. The number of carbonyl (C=O) groups excluding carboxylic acids is 1. The van der Waals surface area contributed by atoms with Crippen molar-refractivity contribution in [2.45, 2.75) is 31.2 Å². The molecule has 0 atom stereocenters. The molecule has 0 fully saturated rings. The molecule has 0 N–H and O–H groups in total. The van der Waals surface area contributed by atoms with Gasteiger partial charge in [-0.1, -0.05) is 51.0 Å². The van der Waals surface area contributed by atoms with Gasteiger partial charge in [0.05, 0.1) is 27.4 Å². The average molecular weight is 544 g/mol. The van der Waals surface area contributed by atoms with Crippen LogP contribution in [0.15, 0.2) is 76.4 Å². The molecular weight excluding hydrogens is 522 g/mol. The molecule has 2 aromatic heterocycles. The molecule has 2 aromatic carbocycles. The first-order valence-electron chi connectivity index (χ1n) is 10.4. The summed E-state index contributed by atoms with van der Waals surface area (Å²) < 4.78 is 27.2. The van der Waals surface area contributed by atoms with E-state index in [1.165, 1.54) is 11.3 Å². The average Bonchev–Trinajstić information content (AvgIpc) is 3.21. The summed E-state index contributed by atoms with van der Waals surface area (Å²) in [7, 11) is -3.45. The Labute approximate surface area is 205 Å². The predicted octanol–water partition coefficient (Wildman–Crippen LogP) is 5.55. The van der Waals surface area contributed by atoms with Crippen LogP contribution in [0, 0.1) is 6.92 Å². The predicted molar refractivity (Wildman–Crippen MR) is 135 cm³/mol. The molecule has 170 valence electrons. The number of anilines is 1. The first kappa shape index (κ1) is 23.5. The SMILES string of the molecule is Cc1ccc(S(=O)(=O)CCCC(=O)N(Cc2cccnc2)c2nc3ccc(Br)cc3s2)cc1. The largest absolute Gasteiger partial charge is 0.284 e. The Hall–Kier alpha value is -2.62. The zero-order valence-corrected chi connectivity index (χ0v) is 21.2. The maximum Gasteiger partial charge on any atom is 0.229 e. The van der Waals surface area contributed by atoms with Crippen molar-refractivity contribution in [2.75, 3.05) is 10.7 Å². The van der Waals surface area contributed by atoms with Crippen molar-refractivity contribution in [3.63, 3.8) is 0 Å². The monoisotopic (exact) mass is 543 g/mol. The number of aromatic nitrogens is 2. The summed E-state index contributed by atoms with van der Waals surface area (Å²) in [6.45, 7) is 2.23. The van der Waals surface area contributed by atoms with E-state index in [4.69, 9.17) is 0 Å². The number of sulfone groups is 1. The summed E-state index contributed by atoms with van der Waals surface area (Å²) in [5.74, 6) is -0.258. The van der Waals surface area contributed by atoms with Gasteiger partial charge >= 0.3 is 0 Å². The minimum absolute atomic E-state index is 0.0880. The Bertz CT molecular complexity index is 1370. The lowest BCUT2D eigenvalue weighted by molar-refractivity contribution is -0.118. The summed E-state index contributed by atoms with van der Waals surface area (Å²) in [6.07, 6.45) is 3.73. The van der Waals surface area contributed by atoms with E-state index in [1.54, 1.807) is 41.6 Å². The third-order valence-electron chi connectivity index (χ3n) is 5.12. The zero-order valence-electron chi connectivity index (χ0n) is 17.9. The second-order valence-electron chi connectivity index (χ2n) is 7.69. The molecule has 6 nitrogen and oxygen atoms in total. The van der Waals surface area contributed by atoms with Gasteiger partial charge in [0.1, 0.15) is 0 Å². The highest BCUT2D eigenvalue weighted by Gasteiger charge is 2.22. The number of carbonyl (C=O) groups is 1. The fourth-order valence-corrected chi connectivity index (χ4v) is 6.20. The van der Waals surface area contributed by atoms with Gasteiger partial charge in [-0.2, -0.15) is 0 Å². The van der Waals surface area contributed by atoms with E-state index < -0.39 is 9.84 Å². The van der Waals surface area contributed by atoms with Gasteiger partial charge in [0.25, 0.3) is 0 Å². The van der Waals surface area contributed by atoms with Crippen molar-refractivity contribution in [3.8, 4) is 0 Å². The topological polar surface area (TPSA) is 80.2 Å². The molecule has 0 unspecified atom stereocenters. The number of rotatable bonds is 8. The van der Waals surface area contributed by atoms with E-state index in [0.29, 0.717) is 11.7 Å². The number of hydrogen-bond donors (Lipinski definition) is 0. The van der Waals surface area contributed by atoms with Gasteiger partial charge in [0.2, 0.25) is 5.91 Å². The van der Waals surface area contributed by atoms with E-state index in [2.05, 4.69) is 25.9 Å². The smallest absolute Gasteiger partial charge is 0.229 e. The molecule has 33 heavy (non-hydrogen) atoms. The molecule has 2 heterocycles. The van der Waals surface area contributed by atoms with Gasteiger partial charge in [-0.15, -0.1) is 0 Å². The number of pyridine rings is 1. The summed E-state index contributed by atoms with van der Waals surface area (Å²) in [6, 6.07) is 16.3. The highest BCUT2D eigenvalue weighted by atomic mass is 79.9. The van der Waals surface area contributed by atoms with E-state index >= 15 is 0 Å². The first-order chi connectivity index (χ1) is 15.8. The number of aryl methyl sites for hydroxylation is 1. The molecule has 0 saturated carbocycles. The van der Waals surface area contributed by atoms with E-state index in [-0.39, 0.29) is 29.4 Å². The molecule has 4 aromatic rings. The van der Waals surface area contributed by atoms with Gasteiger partial charge in [-0.3, -0.25) is 14.7 Å². The van der Waals surface area contributed by atoms with Crippen LogP contribution in [0.1, 0.15) is 24.0 Å². The van der Waals surface area contributed by atoms with E-state index in [0.717, 1.165) is 25.8 Å². The van der Waals surface area contributed by atoms with Crippen LogP contribution in [0.25, 0.3) is 10.2 Å². The van der Waals surface area contributed by atoms with Gasteiger partial charge in [0.15, 0.2) is 15.0 Å². The molecule has 0 radical (unpaired) electrons. The first-order valence-corrected chi connectivity index (χ1v) is 13.6. The normalized spacial score (nSPS) is 11.6. The molecular formula is C24H22BrN3O3S2. The lowest BCUT2D eigenvalue weighted by Gasteiger charge is -2.20. The van der Waals surface area contributed by atoms with Crippen molar-refractivity contribution >= 4 is 58.4 Å². The summed E-state index contributed by atoms with van der Waals surface area (Å²) in [5.41, 5.74) is 2.68. The Morgan fingerprint density at radius 2 is 1.91 bits per heavy atom. The van der Waals surface area contributed by atoms with Crippen LogP contribution in [0.4, 0.5) is 5.13 Å². The second kappa shape index (κ2) is 10.1. The third-order valence-corrected chi connectivity index (χ3v) is 8.47. The van der Waals surface area contributed by atoms with Crippen molar-refractivity contribution in [1.29, 1.82) is 0 Å². The molecule has 0 aliphatic heterocycles. The van der Waals surface area contributed by atoms with Gasteiger partial charge in [0, 0.05) is 23.3 Å². The number of amides is 1. The molecule has 4 rings (SSSR count). The fraction of sp³-hybridized carbons (Fsp3) is 0.208. The summed E-state index contributed by atoms with van der Waals surface area (Å²) in [5, 5.41) is 0.582. The Morgan fingerprint density at radius 1 is 1.12 bits per heavy atom. The standard InChI is InChI=1S/C24H22BrN3O3S2/c1-17-6-9-20(10-7-17)33(30,31)13-3-5-23(29)28(16-18-4-2-12-26-15-18)24-27-21-11-8-19(25)14-22(21)32-24/h2,4,6-12,14-15H,3,5,13,16H2,1H3. The second-order valence-corrected chi connectivity index (χ2v) is 11.7. The quantitative estimate of drug-likeness (QED) is 0.291. The van der Waals surface area contributed by atoms with Crippen molar-refractivity contribution < 1.29 is 13.2 Å². The molecule has 0 saturated heterocycles. The van der Waals surface area contributed by atoms with Crippen LogP contribution in [0.5, 0.6) is 0 Å². The number of hydrogen-bond acceptors (Lipinski definition) is 6. The van der Waals surface area contributed by atoms with Crippen LogP contribution in [-0.2, 0) is 21.2 Å². The molecule has 0 aliphatic carbocycles. The van der Waals surface area contributed by atoms with Gasteiger partial charge < -0.3 is 0 Å². The van der Waals surface area contributed by atoms with Crippen molar-refractivity contribution in [2.24, 2.45) is 0 Å². The molecule has 1 amide bonds. The molecule has 0 spiro atoms. The van der Waals surface area contributed by atoms with E-state index in [9.17, 15) is 13.2 Å². The maximum atomic E-state index is 13.2. The molecule has 0 aliphatic rings. The number of thiazole rings is 1. The number of halogens is 1. The highest BCUT2D eigenvalue weighted by molar-refractivity contribution is 9.10. The van der Waals surface area contributed by atoms with Gasteiger partial charge in [-0.05, 0) is 55.3 Å². The zero-order chi connectivity index (χ0) is 23.4. The lowest BCUT2D eigenvalue weighted by atomic mass is 10.2. The minimum Gasteiger partial charge on any atom is -0.284 e. The lowest BCUT2D eigenvalue weighted by Crippen LogP contribution is -2.30. The van der Waals surface area contributed by atoms with Crippen LogP contribution < -0.4 is 4.90 Å². The Balaban J connectivity index is 1.52. The highest BCUT2D eigenvalue weighted by Crippen LogP contribution is 2.32.